The summed E-state index contributed by atoms with van der Waals surface area (Å²) < 4.78 is 18.3. The molecule has 0 aromatic carbocycles. The number of halogens is 1. The van der Waals surface area contributed by atoms with E-state index in [1.807, 2.05) is 13.8 Å². The van der Waals surface area contributed by atoms with Gasteiger partial charge in [-0.05, 0) is 42.5 Å². The number of ether oxygens (including phenoxy) is 3. The molecule has 0 unspecified atom stereocenters. The summed E-state index contributed by atoms with van der Waals surface area (Å²) in [7, 11) is 0. The molecule has 0 aromatic heterocycles. The maximum Gasteiger partial charge on any atom is 0.164 e. The Hall–Kier alpha value is 0.350. The van der Waals surface area contributed by atoms with E-state index in [4.69, 9.17) is 14.2 Å². The van der Waals surface area contributed by atoms with Gasteiger partial charge in [0.25, 0.3) is 0 Å². The SMILES string of the molecule is CC1(C)O[C@@H]2[C@@H]3O[C@@H]3C(I)=C[C@@H]2O1. The molecule has 0 amide bonds. The quantitative estimate of drug-likeness (QED) is 0.502. The van der Waals surface area contributed by atoms with Crippen LogP contribution in [0.3, 0.4) is 0 Å². The van der Waals surface area contributed by atoms with Crippen molar-refractivity contribution in [3.8, 4) is 0 Å². The second-order valence-electron chi connectivity index (χ2n) is 4.14. The Balaban J connectivity index is 1.91. The molecule has 2 aliphatic heterocycles. The first kappa shape index (κ1) is 8.64. The van der Waals surface area contributed by atoms with Crippen molar-refractivity contribution in [1.29, 1.82) is 0 Å². The van der Waals surface area contributed by atoms with Gasteiger partial charge in [-0.1, -0.05) is 0 Å². The van der Waals surface area contributed by atoms with Crippen LogP contribution in [0.2, 0.25) is 0 Å². The molecule has 0 aromatic rings. The molecule has 0 bridgehead atoms. The largest absolute Gasteiger partial charge is 0.361 e. The van der Waals surface area contributed by atoms with Gasteiger partial charge in [-0.2, -0.15) is 0 Å². The Morgan fingerprint density at radius 2 is 2.08 bits per heavy atom. The van der Waals surface area contributed by atoms with Gasteiger partial charge in [-0.25, -0.2) is 0 Å². The van der Waals surface area contributed by atoms with Crippen molar-refractivity contribution in [1.82, 2.24) is 0 Å². The zero-order valence-electron chi connectivity index (χ0n) is 7.49. The van der Waals surface area contributed by atoms with Gasteiger partial charge in [-0.15, -0.1) is 0 Å². The van der Waals surface area contributed by atoms with Gasteiger partial charge in [0.05, 0.1) is 0 Å². The summed E-state index contributed by atoms with van der Waals surface area (Å²) in [6.07, 6.45) is 2.85. The molecule has 2 saturated heterocycles. The molecular formula is C9H11IO3. The van der Waals surface area contributed by atoms with E-state index < -0.39 is 5.79 Å². The third kappa shape index (κ3) is 1.26. The van der Waals surface area contributed by atoms with Crippen molar-refractivity contribution < 1.29 is 14.2 Å². The fourth-order valence-corrected chi connectivity index (χ4v) is 2.90. The fraction of sp³-hybridized carbons (Fsp3) is 0.778. The van der Waals surface area contributed by atoms with Gasteiger partial charge >= 0.3 is 0 Å². The number of hydrogen-bond acceptors (Lipinski definition) is 3. The molecule has 13 heavy (non-hydrogen) atoms. The minimum atomic E-state index is -0.455. The van der Waals surface area contributed by atoms with Crippen molar-refractivity contribution in [3.05, 3.63) is 9.66 Å². The minimum Gasteiger partial charge on any atom is -0.361 e. The maximum atomic E-state index is 5.76. The van der Waals surface area contributed by atoms with Crippen LogP contribution in [0.4, 0.5) is 0 Å². The van der Waals surface area contributed by atoms with Crippen LogP contribution < -0.4 is 0 Å². The van der Waals surface area contributed by atoms with Crippen LogP contribution in [0.1, 0.15) is 13.8 Å². The molecule has 0 spiro atoms. The van der Waals surface area contributed by atoms with Crippen LogP contribution in [0.15, 0.2) is 9.66 Å². The maximum absolute atomic E-state index is 5.76. The summed E-state index contributed by atoms with van der Waals surface area (Å²) in [6, 6.07) is 0. The van der Waals surface area contributed by atoms with Gasteiger partial charge in [0.15, 0.2) is 5.79 Å². The molecular weight excluding hydrogens is 283 g/mol. The van der Waals surface area contributed by atoms with E-state index in [2.05, 4.69) is 28.7 Å². The molecule has 3 rings (SSSR count). The zero-order valence-corrected chi connectivity index (χ0v) is 9.65. The number of hydrogen-bond donors (Lipinski definition) is 0. The summed E-state index contributed by atoms with van der Waals surface area (Å²) in [6.45, 7) is 3.90. The van der Waals surface area contributed by atoms with Crippen LogP contribution in [0.25, 0.3) is 0 Å². The average molecular weight is 294 g/mol. The highest BCUT2D eigenvalue weighted by molar-refractivity contribution is 14.1. The van der Waals surface area contributed by atoms with Gasteiger partial charge < -0.3 is 14.2 Å². The number of epoxide rings is 1. The molecule has 3 nitrogen and oxygen atoms in total. The third-order valence-electron chi connectivity index (χ3n) is 2.61. The number of rotatable bonds is 0. The van der Waals surface area contributed by atoms with E-state index in [9.17, 15) is 0 Å². The van der Waals surface area contributed by atoms with Crippen LogP contribution >= 0.6 is 22.6 Å². The first-order valence-electron chi connectivity index (χ1n) is 4.45. The monoisotopic (exact) mass is 294 g/mol. The van der Waals surface area contributed by atoms with E-state index >= 15 is 0 Å². The summed E-state index contributed by atoms with van der Waals surface area (Å²) in [5, 5.41) is 0. The summed E-state index contributed by atoms with van der Waals surface area (Å²) >= 11 is 2.31. The molecule has 0 radical (unpaired) electrons. The highest BCUT2D eigenvalue weighted by Crippen LogP contribution is 2.47. The second kappa shape index (κ2) is 2.48. The number of fused-ring (bicyclic) bond motifs is 3. The van der Waals surface area contributed by atoms with E-state index in [-0.39, 0.29) is 18.3 Å². The van der Waals surface area contributed by atoms with Crippen molar-refractivity contribution in [2.45, 2.75) is 44.1 Å². The highest BCUT2D eigenvalue weighted by Gasteiger charge is 2.58. The lowest BCUT2D eigenvalue weighted by molar-refractivity contribution is -0.144. The first-order chi connectivity index (χ1) is 6.07. The summed E-state index contributed by atoms with van der Waals surface area (Å²) in [5.41, 5.74) is 0. The summed E-state index contributed by atoms with van der Waals surface area (Å²) in [4.78, 5) is 0. The Morgan fingerprint density at radius 1 is 1.31 bits per heavy atom. The van der Waals surface area contributed by atoms with Crippen molar-refractivity contribution in [3.63, 3.8) is 0 Å². The lowest BCUT2D eigenvalue weighted by atomic mass is 10.0. The van der Waals surface area contributed by atoms with E-state index in [1.54, 1.807) is 0 Å². The third-order valence-corrected chi connectivity index (χ3v) is 3.58. The Bertz CT molecular complexity index is 287. The fourth-order valence-electron chi connectivity index (χ4n) is 2.05. The highest BCUT2D eigenvalue weighted by atomic mass is 127. The second-order valence-corrected chi connectivity index (χ2v) is 5.38. The van der Waals surface area contributed by atoms with Gasteiger partial charge in [0.1, 0.15) is 24.4 Å². The smallest absolute Gasteiger partial charge is 0.164 e. The standard InChI is InChI=1S/C9H11IO3/c1-9(2)12-5-3-4(10)6-8(11-6)7(5)13-9/h3,5-8H,1-2H3/t5-,6+,7-,8+/m0/s1. The predicted molar refractivity (Wildman–Crippen MR) is 54.6 cm³/mol. The van der Waals surface area contributed by atoms with Crippen molar-refractivity contribution in [2.24, 2.45) is 0 Å². The van der Waals surface area contributed by atoms with Gasteiger partial charge in [0, 0.05) is 3.58 Å². The van der Waals surface area contributed by atoms with Gasteiger partial charge in [0.2, 0.25) is 0 Å². The molecule has 4 heteroatoms. The normalized spacial score (nSPS) is 50.8. The molecule has 2 fully saturated rings. The van der Waals surface area contributed by atoms with Crippen molar-refractivity contribution in [2.75, 3.05) is 0 Å². The van der Waals surface area contributed by atoms with Crippen molar-refractivity contribution >= 4 is 22.6 Å². The van der Waals surface area contributed by atoms with E-state index in [0.29, 0.717) is 6.10 Å². The molecule has 0 saturated carbocycles. The molecule has 72 valence electrons. The Kier molecular flexibility index (Phi) is 1.65. The first-order valence-corrected chi connectivity index (χ1v) is 5.53. The Labute approximate surface area is 90.6 Å². The molecule has 4 atom stereocenters. The van der Waals surface area contributed by atoms with Crippen LogP contribution in [-0.4, -0.2) is 30.2 Å². The van der Waals surface area contributed by atoms with Crippen LogP contribution in [0, 0.1) is 0 Å². The van der Waals surface area contributed by atoms with Crippen LogP contribution in [-0.2, 0) is 14.2 Å². The van der Waals surface area contributed by atoms with Crippen LogP contribution in [0.5, 0.6) is 0 Å². The van der Waals surface area contributed by atoms with E-state index in [0.717, 1.165) is 0 Å². The molecule has 2 heterocycles. The lowest BCUT2D eigenvalue weighted by Gasteiger charge is -2.15. The van der Waals surface area contributed by atoms with Gasteiger partial charge in [-0.3, -0.25) is 0 Å². The molecule has 0 N–H and O–H groups in total. The predicted octanol–water partition coefficient (Wildman–Crippen LogP) is 1.61. The molecule has 1 aliphatic carbocycles. The molecule has 3 aliphatic rings. The van der Waals surface area contributed by atoms with E-state index in [1.165, 1.54) is 3.58 Å². The Morgan fingerprint density at radius 3 is 2.85 bits per heavy atom. The average Bonchev–Trinajstić information content (AvgIpc) is 2.71. The summed E-state index contributed by atoms with van der Waals surface area (Å²) in [5.74, 6) is -0.455. The topological polar surface area (TPSA) is 31.0 Å². The minimum absolute atomic E-state index is 0.0886. The zero-order chi connectivity index (χ0) is 9.22. The lowest BCUT2D eigenvalue weighted by Crippen LogP contribution is -2.31.